The molecule has 12 heavy (non-hydrogen) atoms. The molecule has 1 aliphatic rings. The van der Waals surface area contributed by atoms with Crippen molar-refractivity contribution in [3.05, 3.63) is 22.8 Å². The van der Waals surface area contributed by atoms with Crippen LogP contribution in [-0.4, -0.2) is 11.9 Å². The van der Waals surface area contributed by atoms with E-state index in [4.69, 9.17) is 0 Å². The molecule has 0 bridgehead atoms. The average Bonchev–Trinajstić information content (AvgIpc) is 2.24. The van der Waals surface area contributed by atoms with Crippen molar-refractivity contribution in [2.24, 2.45) is 0 Å². The van der Waals surface area contributed by atoms with Gasteiger partial charge in [0, 0.05) is 0 Å². The molecule has 0 N–H and O–H groups in total. The van der Waals surface area contributed by atoms with Crippen LogP contribution in [0.4, 0.5) is 0 Å². The lowest BCUT2D eigenvalue weighted by molar-refractivity contribution is -0.149. The minimum Gasteiger partial charge on any atom is -0.386 e. The molecule has 0 amide bonds. The van der Waals surface area contributed by atoms with Gasteiger partial charge in [0.2, 0.25) is 0 Å². The zero-order valence-corrected chi connectivity index (χ0v) is 7.30. The lowest BCUT2D eigenvalue weighted by atomic mass is 10.0. The number of rotatable bonds is 0. The summed E-state index contributed by atoms with van der Waals surface area (Å²) in [5.41, 5.74) is 1.58. The fraction of sp³-hybridized carbons (Fsp3) is 0.333. The Morgan fingerprint density at radius 3 is 2.17 bits per heavy atom. The molecule has 1 aliphatic heterocycles. The largest absolute Gasteiger partial charge is 0.386 e. The van der Waals surface area contributed by atoms with Crippen LogP contribution in [0.15, 0.2) is 22.8 Å². The summed E-state index contributed by atoms with van der Waals surface area (Å²) in [6.45, 7) is 5.26. The zero-order valence-electron chi connectivity index (χ0n) is 7.30. The molecule has 0 aliphatic carbocycles. The van der Waals surface area contributed by atoms with Crippen molar-refractivity contribution in [3.63, 3.8) is 0 Å². The van der Waals surface area contributed by atoms with Gasteiger partial charge in [-0.25, -0.2) is 9.59 Å². The van der Waals surface area contributed by atoms with Crippen LogP contribution in [0.2, 0.25) is 0 Å². The summed E-state index contributed by atoms with van der Waals surface area (Å²) >= 11 is 0. The first-order valence-electron chi connectivity index (χ1n) is 3.68. The van der Waals surface area contributed by atoms with Gasteiger partial charge in [-0.2, -0.15) is 0 Å². The van der Waals surface area contributed by atoms with Gasteiger partial charge in [-0.15, -0.1) is 0 Å². The van der Waals surface area contributed by atoms with Crippen molar-refractivity contribution in [1.82, 2.24) is 0 Å². The first-order chi connectivity index (χ1) is 5.57. The van der Waals surface area contributed by atoms with E-state index in [0.717, 1.165) is 5.57 Å². The molecule has 0 unspecified atom stereocenters. The number of ether oxygens (including phenoxy) is 1. The number of hydrogen-bond donors (Lipinski definition) is 0. The molecule has 1 rings (SSSR count). The van der Waals surface area contributed by atoms with Gasteiger partial charge in [-0.05, 0) is 20.8 Å². The Kier molecular flexibility index (Phi) is 2.13. The van der Waals surface area contributed by atoms with Crippen molar-refractivity contribution in [2.45, 2.75) is 20.8 Å². The summed E-state index contributed by atoms with van der Waals surface area (Å²) in [5.74, 6) is -1.08. The molecule has 0 aromatic heterocycles. The maximum Gasteiger partial charge on any atom is 0.346 e. The highest BCUT2D eigenvalue weighted by atomic mass is 16.6. The summed E-state index contributed by atoms with van der Waals surface area (Å²) < 4.78 is 4.43. The number of allylic oxidation sites excluding steroid dienone is 2. The Labute approximate surface area is 70.7 Å². The van der Waals surface area contributed by atoms with Crippen LogP contribution in [0.25, 0.3) is 0 Å². The summed E-state index contributed by atoms with van der Waals surface area (Å²) in [5, 5.41) is 0. The Balaban J connectivity index is 3.26. The third kappa shape index (κ3) is 1.18. The third-order valence-electron chi connectivity index (χ3n) is 1.67. The van der Waals surface area contributed by atoms with Crippen LogP contribution in [0, 0.1) is 0 Å². The van der Waals surface area contributed by atoms with E-state index >= 15 is 0 Å². The van der Waals surface area contributed by atoms with E-state index in [9.17, 15) is 9.59 Å². The second-order valence-corrected chi connectivity index (χ2v) is 2.75. The van der Waals surface area contributed by atoms with Crippen molar-refractivity contribution < 1.29 is 14.3 Å². The van der Waals surface area contributed by atoms with Crippen molar-refractivity contribution >= 4 is 11.9 Å². The van der Waals surface area contributed by atoms with E-state index in [1.807, 2.05) is 0 Å². The lowest BCUT2D eigenvalue weighted by Crippen LogP contribution is -1.97. The van der Waals surface area contributed by atoms with E-state index in [1.54, 1.807) is 26.8 Å². The predicted molar refractivity (Wildman–Crippen MR) is 43.2 cm³/mol. The van der Waals surface area contributed by atoms with Crippen LogP contribution >= 0.6 is 0 Å². The molecule has 3 nitrogen and oxygen atoms in total. The maximum absolute atomic E-state index is 11.1. The molecule has 0 spiro atoms. The molecular weight excluding hydrogens is 156 g/mol. The SMILES string of the molecule is CC=C1C(=O)OC(=O)C1=C(C)C. The van der Waals surface area contributed by atoms with Gasteiger partial charge in [-0.3, -0.25) is 0 Å². The highest BCUT2D eigenvalue weighted by molar-refractivity contribution is 6.18. The molecule has 1 fully saturated rings. The fourth-order valence-corrected chi connectivity index (χ4v) is 1.14. The van der Waals surface area contributed by atoms with Crippen LogP contribution in [0.1, 0.15) is 20.8 Å². The van der Waals surface area contributed by atoms with Gasteiger partial charge in [0.15, 0.2) is 0 Å². The normalized spacial score (nSPS) is 20.2. The van der Waals surface area contributed by atoms with E-state index in [1.165, 1.54) is 0 Å². The third-order valence-corrected chi connectivity index (χ3v) is 1.67. The lowest BCUT2D eigenvalue weighted by Gasteiger charge is -1.94. The fourth-order valence-electron chi connectivity index (χ4n) is 1.14. The van der Waals surface area contributed by atoms with Crippen LogP contribution in [-0.2, 0) is 14.3 Å². The number of carbonyl (C=O) groups is 2. The van der Waals surface area contributed by atoms with Crippen LogP contribution in [0.3, 0.4) is 0 Å². The zero-order chi connectivity index (χ0) is 9.30. The van der Waals surface area contributed by atoms with E-state index in [-0.39, 0.29) is 0 Å². The molecule has 1 heterocycles. The quantitative estimate of drug-likeness (QED) is 0.310. The predicted octanol–water partition coefficient (Wildman–Crippen LogP) is 1.35. The van der Waals surface area contributed by atoms with E-state index in [2.05, 4.69) is 4.74 Å². The Morgan fingerprint density at radius 2 is 1.83 bits per heavy atom. The Morgan fingerprint density at radius 1 is 1.25 bits per heavy atom. The first-order valence-corrected chi connectivity index (χ1v) is 3.68. The van der Waals surface area contributed by atoms with Crippen LogP contribution < -0.4 is 0 Å². The molecular formula is C9H10O3. The smallest absolute Gasteiger partial charge is 0.346 e. The van der Waals surface area contributed by atoms with Crippen molar-refractivity contribution in [3.8, 4) is 0 Å². The van der Waals surface area contributed by atoms with Gasteiger partial charge in [0.25, 0.3) is 0 Å². The second-order valence-electron chi connectivity index (χ2n) is 2.75. The second kappa shape index (κ2) is 2.93. The van der Waals surface area contributed by atoms with E-state index < -0.39 is 11.9 Å². The van der Waals surface area contributed by atoms with Gasteiger partial charge < -0.3 is 4.74 Å². The summed E-state index contributed by atoms with van der Waals surface area (Å²) in [7, 11) is 0. The van der Waals surface area contributed by atoms with Crippen molar-refractivity contribution in [1.29, 1.82) is 0 Å². The molecule has 3 heteroatoms. The number of esters is 2. The highest BCUT2D eigenvalue weighted by Gasteiger charge is 2.33. The van der Waals surface area contributed by atoms with Gasteiger partial charge >= 0.3 is 11.9 Å². The minimum atomic E-state index is -0.543. The Bertz CT molecular complexity index is 304. The summed E-state index contributed by atoms with van der Waals surface area (Å²) in [4.78, 5) is 22.0. The van der Waals surface area contributed by atoms with Crippen molar-refractivity contribution in [2.75, 3.05) is 0 Å². The van der Waals surface area contributed by atoms with Gasteiger partial charge in [0.05, 0.1) is 11.1 Å². The van der Waals surface area contributed by atoms with E-state index in [0.29, 0.717) is 11.1 Å². The number of hydrogen-bond acceptors (Lipinski definition) is 3. The van der Waals surface area contributed by atoms with Gasteiger partial charge in [0.1, 0.15) is 0 Å². The molecule has 0 aromatic carbocycles. The monoisotopic (exact) mass is 166 g/mol. The van der Waals surface area contributed by atoms with Gasteiger partial charge in [-0.1, -0.05) is 11.6 Å². The molecule has 0 radical (unpaired) electrons. The average molecular weight is 166 g/mol. The molecule has 0 atom stereocenters. The first kappa shape index (κ1) is 8.71. The molecule has 64 valence electrons. The molecule has 1 saturated heterocycles. The Hall–Kier alpha value is -1.38. The highest BCUT2D eigenvalue weighted by Crippen LogP contribution is 2.24. The standard InChI is InChI=1S/C9H10O3/c1-4-6-7(5(2)3)9(11)12-8(6)10/h4H,1-3H3. The van der Waals surface area contributed by atoms with Crippen LogP contribution in [0.5, 0.6) is 0 Å². The summed E-state index contributed by atoms with van der Waals surface area (Å²) in [6, 6.07) is 0. The molecule has 0 aromatic rings. The minimum absolute atomic E-state index is 0.375. The summed E-state index contributed by atoms with van der Waals surface area (Å²) in [6.07, 6.45) is 1.59. The molecule has 0 saturated carbocycles. The topological polar surface area (TPSA) is 43.4 Å². The number of carbonyl (C=O) groups excluding carboxylic acids is 2. The maximum atomic E-state index is 11.1. The number of cyclic esters (lactones) is 2.